The van der Waals surface area contributed by atoms with Crippen molar-refractivity contribution in [1.29, 1.82) is 0 Å². The van der Waals surface area contributed by atoms with Gasteiger partial charge in [0.25, 0.3) is 5.91 Å². The van der Waals surface area contributed by atoms with Crippen molar-refractivity contribution in [3.63, 3.8) is 0 Å². The summed E-state index contributed by atoms with van der Waals surface area (Å²) in [7, 11) is 4.62. The van der Waals surface area contributed by atoms with Gasteiger partial charge in [0.2, 0.25) is 11.7 Å². The van der Waals surface area contributed by atoms with Crippen molar-refractivity contribution in [3.05, 3.63) is 89.5 Å². The van der Waals surface area contributed by atoms with Crippen LogP contribution in [-0.2, 0) is 25.2 Å². The number of morpholine rings is 1. The Morgan fingerprint density at radius 2 is 1.47 bits per heavy atom. The van der Waals surface area contributed by atoms with E-state index in [1.165, 1.54) is 31.9 Å². The average molecular weight is 701 g/mol. The molecule has 3 aliphatic heterocycles. The molecule has 51 heavy (non-hydrogen) atoms. The number of aliphatic carboxylic acids is 1. The molecular formula is C39H48N4O8. The molecule has 3 aromatic carbocycles. The summed E-state index contributed by atoms with van der Waals surface area (Å²) in [6, 6.07) is 22.7. The number of hydrogen-bond acceptors (Lipinski definition) is 9. The van der Waals surface area contributed by atoms with Crippen molar-refractivity contribution in [1.82, 2.24) is 20.2 Å². The van der Waals surface area contributed by atoms with E-state index < -0.39 is 17.4 Å². The molecule has 3 aliphatic rings. The van der Waals surface area contributed by atoms with Gasteiger partial charge in [-0.15, -0.1) is 0 Å². The number of hydrogen-bond donors (Lipinski definition) is 2. The molecule has 2 unspecified atom stereocenters. The maximum absolute atomic E-state index is 14.1. The summed E-state index contributed by atoms with van der Waals surface area (Å²) in [5.74, 6) is 0.0172. The molecule has 0 saturated carbocycles. The van der Waals surface area contributed by atoms with Gasteiger partial charge in [-0.1, -0.05) is 60.7 Å². The number of likely N-dealkylation sites (tertiary alicyclic amines) is 2. The zero-order valence-electron chi connectivity index (χ0n) is 29.6. The Balaban J connectivity index is 1.17. The molecule has 0 spiro atoms. The topological polar surface area (TPSA) is 130 Å². The summed E-state index contributed by atoms with van der Waals surface area (Å²) in [5.41, 5.74) is 4.56. The lowest BCUT2D eigenvalue weighted by Gasteiger charge is -2.44. The number of methoxy groups -OCH3 is 3. The lowest BCUT2D eigenvalue weighted by atomic mass is 9.71. The van der Waals surface area contributed by atoms with E-state index in [-0.39, 0.29) is 23.8 Å². The zero-order chi connectivity index (χ0) is 36.0. The minimum absolute atomic E-state index is 0.0242. The fourth-order valence-corrected chi connectivity index (χ4v) is 7.92. The van der Waals surface area contributed by atoms with Crippen LogP contribution in [0.5, 0.6) is 17.2 Å². The van der Waals surface area contributed by atoms with E-state index in [2.05, 4.69) is 34.6 Å². The first-order valence-electron chi connectivity index (χ1n) is 17.5. The van der Waals surface area contributed by atoms with E-state index in [1.807, 2.05) is 41.3 Å². The number of piperidine rings is 1. The molecule has 3 saturated heterocycles. The van der Waals surface area contributed by atoms with Gasteiger partial charge in [0.05, 0.1) is 40.0 Å². The fourth-order valence-electron chi connectivity index (χ4n) is 7.92. The highest BCUT2D eigenvalue weighted by Gasteiger charge is 2.46. The molecule has 0 aliphatic carbocycles. The number of nitrogens with one attached hydrogen (secondary N) is 1. The number of carboxylic acid groups (broad SMARTS) is 1. The van der Waals surface area contributed by atoms with Gasteiger partial charge in [0.15, 0.2) is 11.5 Å². The molecule has 12 nitrogen and oxygen atoms in total. The quantitative estimate of drug-likeness (QED) is 0.288. The number of benzene rings is 3. The number of carbonyl (C=O) groups excluding carboxylic acids is 2. The van der Waals surface area contributed by atoms with Gasteiger partial charge in [-0.3, -0.25) is 19.8 Å². The fraction of sp³-hybridized carbons (Fsp3) is 0.462. The van der Waals surface area contributed by atoms with Crippen molar-refractivity contribution < 1.29 is 38.4 Å². The van der Waals surface area contributed by atoms with Gasteiger partial charge in [-0.25, -0.2) is 5.01 Å². The van der Waals surface area contributed by atoms with Crippen LogP contribution in [-0.4, -0.2) is 118 Å². The highest BCUT2D eigenvalue weighted by molar-refractivity contribution is 5.96. The number of hydrazine groups is 1. The Morgan fingerprint density at radius 1 is 0.843 bits per heavy atom. The first-order valence-corrected chi connectivity index (χ1v) is 17.5. The van der Waals surface area contributed by atoms with Gasteiger partial charge >= 0.3 is 5.97 Å². The Kier molecular flexibility index (Phi) is 11.1. The molecule has 12 heteroatoms. The number of carbonyl (C=O) groups is 3. The number of nitrogens with zero attached hydrogens (tertiary/aromatic N) is 3. The van der Waals surface area contributed by atoms with Gasteiger partial charge in [0, 0.05) is 30.6 Å². The smallest absolute Gasteiger partial charge is 0.325 e. The lowest BCUT2D eigenvalue weighted by molar-refractivity contribution is -0.156. The van der Waals surface area contributed by atoms with Crippen molar-refractivity contribution in [2.45, 2.75) is 42.6 Å². The maximum Gasteiger partial charge on any atom is 0.325 e. The highest BCUT2D eigenvalue weighted by Crippen LogP contribution is 2.42. The predicted octanol–water partition coefficient (Wildman–Crippen LogP) is 3.74. The normalized spacial score (nSPS) is 22.3. The van der Waals surface area contributed by atoms with Crippen LogP contribution in [0.3, 0.4) is 0 Å². The van der Waals surface area contributed by atoms with Gasteiger partial charge in [-0.2, -0.15) is 0 Å². The van der Waals surface area contributed by atoms with Crippen LogP contribution in [0.1, 0.15) is 47.2 Å². The highest BCUT2D eigenvalue weighted by atomic mass is 16.5. The largest absolute Gasteiger partial charge is 0.493 e. The number of rotatable bonds is 12. The first kappa shape index (κ1) is 36.2. The molecule has 272 valence electrons. The molecule has 2 amide bonds. The standard InChI is InChI=1S/C39H48N4O8/c1-48-32-24-28(25-33(49-2)34(32)50-3)35(44)42-21-15-38(27-42,29-10-6-4-7-11-29)14-18-41-19-16-39(17-20-41,30-12-8-5-9-13-30)37(47)40-43-22-23-51-26-31(43)36(45)46/h4-13,24-25,31H,14-23,26-27H2,1-3H3,(H,40,47)(H,45,46). The molecule has 3 heterocycles. The van der Waals surface area contributed by atoms with Crippen molar-refractivity contribution in [3.8, 4) is 17.2 Å². The van der Waals surface area contributed by atoms with E-state index in [0.29, 0.717) is 75.0 Å². The van der Waals surface area contributed by atoms with Gasteiger partial charge in [0.1, 0.15) is 6.04 Å². The van der Waals surface area contributed by atoms with Crippen LogP contribution in [0.15, 0.2) is 72.8 Å². The molecule has 0 bridgehead atoms. The Hall–Kier alpha value is -4.65. The average Bonchev–Trinajstić information content (AvgIpc) is 3.62. The predicted molar refractivity (Wildman–Crippen MR) is 190 cm³/mol. The summed E-state index contributed by atoms with van der Waals surface area (Å²) in [6.45, 7) is 4.07. The van der Waals surface area contributed by atoms with E-state index in [9.17, 15) is 19.5 Å². The molecule has 2 atom stereocenters. The van der Waals surface area contributed by atoms with E-state index in [1.54, 1.807) is 12.1 Å². The molecular weight excluding hydrogens is 652 g/mol. The van der Waals surface area contributed by atoms with Crippen molar-refractivity contribution in [2.75, 3.05) is 73.8 Å². The van der Waals surface area contributed by atoms with Crippen LogP contribution in [0.25, 0.3) is 0 Å². The second-order valence-corrected chi connectivity index (χ2v) is 13.6. The third-order valence-electron chi connectivity index (χ3n) is 11.0. The van der Waals surface area contributed by atoms with Crippen LogP contribution in [0, 0.1) is 0 Å². The molecule has 3 fully saturated rings. The van der Waals surface area contributed by atoms with Crippen LogP contribution in [0.4, 0.5) is 0 Å². The molecule has 3 aromatic rings. The summed E-state index contributed by atoms with van der Waals surface area (Å²) in [5, 5.41) is 11.3. The number of carboxylic acids is 1. The Bertz CT molecular complexity index is 1660. The second kappa shape index (κ2) is 15.7. The second-order valence-electron chi connectivity index (χ2n) is 13.6. The summed E-state index contributed by atoms with van der Waals surface area (Å²) >= 11 is 0. The van der Waals surface area contributed by atoms with Gasteiger partial charge in [-0.05, 0) is 68.6 Å². The maximum atomic E-state index is 14.1. The summed E-state index contributed by atoms with van der Waals surface area (Å²) < 4.78 is 21.9. The molecule has 0 radical (unpaired) electrons. The summed E-state index contributed by atoms with van der Waals surface area (Å²) in [6.07, 6.45) is 2.85. The molecule has 2 N–H and O–H groups in total. The van der Waals surface area contributed by atoms with Crippen LogP contribution in [0.2, 0.25) is 0 Å². The van der Waals surface area contributed by atoms with E-state index in [4.69, 9.17) is 18.9 Å². The SMILES string of the molecule is COc1cc(C(=O)N2CCC(CCN3CCC(C(=O)NN4CCOCC4C(=O)O)(c4ccccc4)CC3)(c3ccccc3)C2)cc(OC)c1OC. The molecule has 6 rings (SSSR count). The first-order chi connectivity index (χ1) is 24.7. The van der Waals surface area contributed by atoms with Crippen molar-refractivity contribution in [2.24, 2.45) is 0 Å². The van der Waals surface area contributed by atoms with Crippen LogP contribution < -0.4 is 19.6 Å². The van der Waals surface area contributed by atoms with E-state index in [0.717, 1.165) is 24.9 Å². The van der Waals surface area contributed by atoms with E-state index >= 15 is 0 Å². The Labute approximate surface area is 299 Å². The zero-order valence-corrected chi connectivity index (χ0v) is 29.6. The summed E-state index contributed by atoms with van der Waals surface area (Å²) in [4.78, 5) is 44.3. The minimum atomic E-state index is -1.03. The minimum Gasteiger partial charge on any atom is -0.493 e. The number of ether oxygens (including phenoxy) is 4. The molecule has 0 aromatic heterocycles. The number of amides is 2. The third kappa shape index (κ3) is 7.40. The van der Waals surface area contributed by atoms with Gasteiger partial charge < -0.3 is 33.9 Å². The lowest BCUT2D eigenvalue weighted by Crippen LogP contribution is -2.62. The third-order valence-corrected chi connectivity index (χ3v) is 11.0. The Morgan fingerprint density at radius 3 is 2.06 bits per heavy atom. The monoisotopic (exact) mass is 700 g/mol. The van der Waals surface area contributed by atoms with Crippen LogP contribution >= 0.6 is 0 Å². The van der Waals surface area contributed by atoms with Crippen molar-refractivity contribution >= 4 is 17.8 Å².